The van der Waals surface area contributed by atoms with Gasteiger partial charge in [0.2, 0.25) is 0 Å². The second-order valence-corrected chi connectivity index (χ2v) is 8.29. The predicted octanol–water partition coefficient (Wildman–Crippen LogP) is 3.66. The highest BCUT2D eigenvalue weighted by molar-refractivity contribution is 6.03. The SMILES string of the molecule is CC(C)CN1C(=O)N=C(N)C1C1CCC(C(C)(C)C)CC1. The zero-order valence-corrected chi connectivity index (χ0v) is 14.2. The third-order valence-corrected chi connectivity index (χ3v) is 5.11. The van der Waals surface area contributed by atoms with Gasteiger partial charge in [-0.15, -0.1) is 0 Å². The van der Waals surface area contributed by atoms with E-state index < -0.39 is 0 Å². The zero-order valence-electron chi connectivity index (χ0n) is 14.2. The molecule has 1 aliphatic carbocycles. The number of urea groups is 1. The van der Waals surface area contributed by atoms with Crippen molar-refractivity contribution in [1.29, 1.82) is 0 Å². The number of amidine groups is 1. The molecule has 4 heteroatoms. The summed E-state index contributed by atoms with van der Waals surface area (Å²) in [6.07, 6.45) is 4.79. The maximum Gasteiger partial charge on any atom is 0.345 e. The summed E-state index contributed by atoms with van der Waals surface area (Å²) in [6, 6.07) is -0.0926. The van der Waals surface area contributed by atoms with Gasteiger partial charge in [-0.05, 0) is 48.9 Å². The molecule has 4 nitrogen and oxygen atoms in total. The van der Waals surface area contributed by atoms with Crippen LogP contribution in [0.3, 0.4) is 0 Å². The Morgan fingerprint density at radius 2 is 1.81 bits per heavy atom. The Bertz CT molecular complexity index is 414. The van der Waals surface area contributed by atoms with E-state index >= 15 is 0 Å². The molecule has 1 saturated carbocycles. The molecular formula is C17H31N3O. The minimum absolute atomic E-state index is 0.0424. The van der Waals surface area contributed by atoms with Crippen LogP contribution in [0.2, 0.25) is 0 Å². The van der Waals surface area contributed by atoms with Crippen LogP contribution in [0.25, 0.3) is 0 Å². The van der Waals surface area contributed by atoms with Gasteiger partial charge >= 0.3 is 6.03 Å². The van der Waals surface area contributed by atoms with Gasteiger partial charge in [-0.3, -0.25) is 0 Å². The fourth-order valence-electron chi connectivity index (χ4n) is 3.90. The summed E-state index contributed by atoms with van der Waals surface area (Å²) < 4.78 is 0. The molecule has 2 aliphatic rings. The quantitative estimate of drug-likeness (QED) is 0.863. The first-order valence-corrected chi connectivity index (χ1v) is 8.34. The van der Waals surface area contributed by atoms with Gasteiger partial charge in [0.1, 0.15) is 5.84 Å². The maximum absolute atomic E-state index is 12.1. The number of nitrogens with zero attached hydrogens (tertiary/aromatic N) is 2. The third-order valence-electron chi connectivity index (χ3n) is 5.11. The summed E-state index contributed by atoms with van der Waals surface area (Å²) in [7, 11) is 0. The minimum atomic E-state index is -0.135. The van der Waals surface area contributed by atoms with Crippen LogP contribution >= 0.6 is 0 Å². The average molecular weight is 293 g/mol. The minimum Gasteiger partial charge on any atom is -0.385 e. The van der Waals surface area contributed by atoms with E-state index in [1.165, 1.54) is 12.8 Å². The number of aliphatic imine (C=N–C) groups is 1. The smallest absolute Gasteiger partial charge is 0.345 e. The molecule has 1 aliphatic heterocycles. The first-order chi connectivity index (χ1) is 9.70. The van der Waals surface area contributed by atoms with E-state index in [4.69, 9.17) is 5.73 Å². The Morgan fingerprint density at radius 3 is 2.29 bits per heavy atom. The highest BCUT2D eigenvalue weighted by atomic mass is 16.2. The van der Waals surface area contributed by atoms with E-state index in [1.54, 1.807) is 0 Å². The van der Waals surface area contributed by atoms with Crippen molar-refractivity contribution in [3.63, 3.8) is 0 Å². The topological polar surface area (TPSA) is 58.7 Å². The van der Waals surface area contributed by atoms with Crippen LogP contribution in [0.4, 0.5) is 4.79 Å². The Morgan fingerprint density at radius 1 is 1.24 bits per heavy atom. The van der Waals surface area contributed by atoms with Crippen LogP contribution in [0.5, 0.6) is 0 Å². The van der Waals surface area contributed by atoms with Crippen LogP contribution in [-0.2, 0) is 0 Å². The molecular weight excluding hydrogens is 262 g/mol. The first-order valence-electron chi connectivity index (χ1n) is 8.34. The third kappa shape index (κ3) is 3.58. The van der Waals surface area contributed by atoms with Crippen LogP contribution < -0.4 is 5.73 Å². The van der Waals surface area contributed by atoms with Gasteiger partial charge in [-0.1, -0.05) is 34.6 Å². The molecule has 0 bridgehead atoms. The van der Waals surface area contributed by atoms with E-state index in [0.717, 1.165) is 25.3 Å². The number of hydrogen-bond donors (Lipinski definition) is 1. The molecule has 0 aromatic heterocycles. The van der Waals surface area contributed by atoms with Gasteiger partial charge < -0.3 is 10.6 Å². The highest BCUT2D eigenvalue weighted by Crippen LogP contribution is 2.42. The number of amides is 2. The van der Waals surface area contributed by atoms with Crippen LogP contribution in [-0.4, -0.2) is 29.4 Å². The van der Waals surface area contributed by atoms with Gasteiger partial charge in [0.05, 0.1) is 6.04 Å². The Labute approximate surface area is 129 Å². The average Bonchev–Trinajstić information content (AvgIpc) is 2.63. The molecule has 1 unspecified atom stereocenters. The maximum atomic E-state index is 12.1. The Balaban J connectivity index is 2.04. The molecule has 0 aromatic rings. The number of rotatable bonds is 3. The fourth-order valence-corrected chi connectivity index (χ4v) is 3.90. The van der Waals surface area contributed by atoms with Crippen molar-refractivity contribution in [2.24, 2.45) is 33.9 Å². The van der Waals surface area contributed by atoms with E-state index in [2.05, 4.69) is 39.6 Å². The second kappa shape index (κ2) is 5.98. The molecule has 2 N–H and O–H groups in total. The molecule has 0 saturated heterocycles. The predicted molar refractivity (Wildman–Crippen MR) is 87.3 cm³/mol. The summed E-state index contributed by atoms with van der Waals surface area (Å²) in [5.41, 5.74) is 6.46. The van der Waals surface area contributed by atoms with Crippen molar-refractivity contribution in [2.75, 3.05) is 6.54 Å². The molecule has 21 heavy (non-hydrogen) atoms. The van der Waals surface area contributed by atoms with Crippen molar-refractivity contribution in [2.45, 2.75) is 66.3 Å². The van der Waals surface area contributed by atoms with Gasteiger partial charge in [0.25, 0.3) is 0 Å². The summed E-state index contributed by atoms with van der Waals surface area (Å²) in [6.45, 7) is 12.0. The summed E-state index contributed by atoms with van der Waals surface area (Å²) in [5.74, 6) is 2.25. The molecule has 0 spiro atoms. The molecule has 120 valence electrons. The molecule has 0 aromatic carbocycles. The van der Waals surface area contributed by atoms with Crippen molar-refractivity contribution in [3.8, 4) is 0 Å². The molecule has 0 radical (unpaired) electrons. The summed E-state index contributed by atoms with van der Waals surface area (Å²) >= 11 is 0. The fraction of sp³-hybridized carbons (Fsp3) is 0.882. The molecule has 2 rings (SSSR count). The van der Waals surface area contributed by atoms with Crippen LogP contribution in [0, 0.1) is 23.2 Å². The lowest BCUT2D eigenvalue weighted by Gasteiger charge is -2.40. The largest absolute Gasteiger partial charge is 0.385 e. The van der Waals surface area contributed by atoms with Gasteiger partial charge in [0, 0.05) is 6.54 Å². The Hall–Kier alpha value is -1.06. The number of nitrogens with two attached hydrogens (primary N) is 1. The summed E-state index contributed by atoms with van der Waals surface area (Å²) in [5, 5.41) is 0. The highest BCUT2D eigenvalue weighted by Gasteiger charge is 2.41. The monoisotopic (exact) mass is 293 g/mol. The Kier molecular flexibility index (Phi) is 4.64. The normalized spacial score (nSPS) is 31.0. The lowest BCUT2D eigenvalue weighted by Crippen LogP contribution is -2.48. The molecule has 1 heterocycles. The van der Waals surface area contributed by atoms with E-state index in [1.807, 2.05) is 4.90 Å². The number of hydrogen-bond acceptors (Lipinski definition) is 2. The number of carbonyl (C=O) groups excluding carboxylic acids is 1. The molecule has 1 atom stereocenters. The van der Waals surface area contributed by atoms with Gasteiger partial charge in [0.15, 0.2) is 0 Å². The van der Waals surface area contributed by atoms with Crippen molar-refractivity contribution < 1.29 is 4.79 Å². The zero-order chi connectivity index (χ0) is 15.8. The van der Waals surface area contributed by atoms with E-state index in [-0.39, 0.29) is 12.1 Å². The van der Waals surface area contributed by atoms with Gasteiger partial charge in [-0.25, -0.2) is 4.79 Å². The second-order valence-electron chi connectivity index (χ2n) is 8.29. The molecule has 2 amide bonds. The van der Waals surface area contributed by atoms with Crippen molar-refractivity contribution in [1.82, 2.24) is 4.90 Å². The van der Waals surface area contributed by atoms with Crippen molar-refractivity contribution in [3.05, 3.63) is 0 Å². The lowest BCUT2D eigenvalue weighted by molar-refractivity contribution is 0.116. The van der Waals surface area contributed by atoms with E-state index in [9.17, 15) is 4.79 Å². The van der Waals surface area contributed by atoms with Crippen LogP contribution in [0.15, 0.2) is 4.99 Å². The number of carbonyl (C=O) groups is 1. The van der Waals surface area contributed by atoms with Crippen LogP contribution in [0.1, 0.15) is 60.3 Å². The van der Waals surface area contributed by atoms with Gasteiger partial charge in [-0.2, -0.15) is 4.99 Å². The van der Waals surface area contributed by atoms with E-state index in [0.29, 0.717) is 23.1 Å². The first kappa shape index (κ1) is 16.3. The van der Waals surface area contributed by atoms with Crippen molar-refractivity contribution >= 4 is 11.9 Å². The standard InChI is InChI=1S/C17H31N3O/c1-11(2)10-20-14(15(18)19-16(20)21)12-6-8-13(9-7-12)17(3,4)5/h11-14H,6-10H2,1-5H3,(H2,18,19,21). The summed E-state index contributed by atoms with van der Waals surface area (Å²) in [4.78, 5) is 18.0. The molecule has 1 fully saturated rings. The lowest BCUT2D eigenvalue weighted by atomic mass is 9.68.